The molecule has 3 unspecified atom stereocenters. The van der Waals surface area contributed by atoms with Crippen LogP contribution in [0.4, 0.5) is 11.4 Å². The van der Waals surface area contributed by atoms with Crippen molar-refractivity contribution in [2.24, 2.45) is 17.8 Å². The van der Waals surface area contributed by atoms with Gasteiger partial charge < -0.3 is 29.3 Å². The highest BCUT2D eigenvalue weighted by atomic mass is 16.5. The van der Waals surface area contributed by atoms with E-state index in [1.165, 1.54) is 0 Å². The van der Waals surface area contributed by atoms with Gasteiger partial charge in [0.25, 0.3) is 5.91 Å². The largest absolute Gasteiger partial charge is 0.497 e. The molecule has 0 aliphatic carbocycles. The van der Waals surface area contributed by atoms with E-state index in [9.17, 15) is 19.5 Å². The van der Waals surface area contributed by atoms with E-state index < -0.39 is 29.1 Å². The van der Waals surface area contributed by atoms with Crippen LogP contribution in [0.1, 0.15) is 26.7 Å². The van der Waals surface area contributed by atoms with Crippen molar-refractivity contribution < 1.29 is 29.0 Å². The van der Waals surface area contributed by atoms with Crippen molar-refractivity contribution in [3.8, 4) is 5.75 Å². The summed E-state index contributed by atoms with van der Waals surface area (Å²) in [5.74, 6) is -1.95. The standard InChI is InChI=1S/C34H41N3O6/c1-6-18-35(24-12-9-8-10-13-24)30(39)27-28-31(40)37(20-11-21-38)29(34(28)22-23(3)33(27,4)43-34)32(41)36(19-7-2)25-14-16-26(42-5)17-15-25/h6-10,12-17,23,27-29,38H,1-2,11,18-22H2,3-5H3/t23?,27-,28-,29?,33+,34?/m0/s1. The second kappa shape index (κ2) is 12.0. The number of ether oxygens (including phenoxy) is 2. The minimum atomic E-state index is -1.21. The highest BCUT2D eigenvalue weighted by Gasteiger charge is 2.80. The van der Waals surface area contributed by atoms with E-state index in [0.29, 0.717) is 30.0 Å². The van der Waals surface area contributed by atoms with Gasteiger partial charge in [0.05, 0.1) is 24.5 Å². The zero-order valence-electron chi connectivity index (χ0n) is 25.1. The fraction of sp³-hybridized carbons (Fsp3) is 0.441. The third kappa shape index (κ3) is 4.84. The summed E-state index contributed by atoms with van der Waals surface area (Å²) in [6, 6.07) is 15.5. The molecule has 9 heteroatoms. The Kier molecular flexibility index (Phi) is 8.49. The fourth-order valence-electron chi connectivity index (χ4n) is 7.46. The molecular formula is C34H41N3O6. The number of carbonyl (C=O) groups excluding carboxylic acids is 3. The number of hydrogen-bond donors (Lipinski definition) is 1. The topological polar surface area (TPSA) is 99.6 Å². The highest BCUT2D eigenvalue weighted by molar-refractivity contribution is 6.07. The van der Waals surface area contributed by atoms with Crippen molar-refractivity contribution in [3.63, 3.8) is 0 Å². The van der Waals surface area contributed by atoms with E-state index >= 15 is 0 Å². The van der Waals surface area contributed by atoms with E-state index in [1.807, 2.05) is 44.2 Å². The molecule has 3 aliphatic rings. The molecule has 1 N–H and O–H groups in total. The summed E-state index contributed by atoms with van der Waals surface area (Å²) in [4.78, 5) is 48.5. The maximum absolute atomic E-state index is 14.7. The molecule has 2 bridgehead atoms. The Labute approximate surface area is 253 Å². The van der Waals surface area contributed by atoms with Crippen molar-refractivity contribution in [3.05, 3.63) is 79.9 Å². The highest BCUT2D eigenvalue weighted by Crippen LogP contribution is 2.65. The first-order chi connectivity index (χ1) is 20.7. The monoisotopic (exact) mass is 587 g/mol. The van der Waals surface area contributed by atoms with E-state index in [1.54, 1.807) is 58.2 Å². The summed E-state index contributed by atoms with van der Waals surface area (Å²) in [5, 5.41) is 9.71. The lowest BCUT2D eigenvalue weighted by Gasteiger charge is -2.39. The Balaban J connectivity index is 1.60. The maximum atomic E-state index is 14.7. The maximum Gasteiger partial charge on any atom is 0.253 e. The lowest BCUT2D eigenvalue weighted by molar-refractivity contribution is -0.146. The number of para-hydroxylation sites is 1. The number of hydrogen-bond acceptors (Lipinski definition) is 6. The average Bonchev–Trinajstić information content (AvgIpc) is 3.53. The lowest BCUT2D eigenvalue weighted by Crippen LogP contribution is -2.57. The molecule has 3 heterocycles. The van der Waals surface area contributed by atoms with Crippen LogP contribution in [0.15, 0.2) is 79.9 Å². The molecule has 0 radical (unpaired) electrons. The molecule has 2 aromatic carbocycles. The molecule has 9 nitrogen and oxygen atoms in total. The molecule has 0 aromatic heterocycles. The molecule has 0 saturated carbocycles. The van der Waals surface area contributed by atoms with Gasteiger partial charge in [-0.2, -0.15) is 0 Å². The number of amides is 3. The number of methoxy groups -OCH3 is 1. The fourth-order valence-corrected chi connectivity index (χ4v) is 7.46. The molecule has 6 atom stereocenters. The Morgan fingerprint density at radius 3 is 2.23 bits per heavy atom. The van der Waals surface area contributed by atoms with Crippen LogP contribution >= 0.6 is 0 Å². The van der Waals surface area contributed by atoms with Gasteiger partial charge >= 0.3 is 0 Å². The summed E-state index contributed by atoms with van der Waals surface area (Å²) < 4.78 is 12.2. The minimum absolute atomic E-state index is 0.103. The number of rotatable bonds is 12. The first-order valence-corrected chi connectivity index (χ1v) is 14.8. The molecule has 228 valence electrons. The molecule has 1 spiro atoms. The molecular weight excluding hydrogens is 546 g/mol. The second-order valence-electron chi connectivity index (χ2n) is 11.8. The number of likely N-dealkylation sites (tertiary alicyclic amines) is 1. The number of carbonyl (C=O) groups is 3. The third-order valence-electron chi connectivity index (χ3n) is 9.48. The van der Waals surface area contributed by atoms with E-state index in [-0.39, 0.29) is 49.9 Å². The van der Waals surface area contributed by atoms with Gasteiger partial charge in [0.2, 0.25) is 11.8 Å². The van der Waals surface area contributed by atoms with Gasteiger partial charge in [-0.1, -0.05) is 37.3 Å². The minimum Gasteiger partial charge on any atom is -0.497 e. The molecule has 3 amide bonds. The van der Waals surface area contributed by atoms with Crippen molar-refractivity contribution >= 4 is 29.1 Å². The van der Waals surface area contributed by atoms with E-state index in [0.717, 1.165) is 0 Å². The van der Waals surface area contributed by atoms with Gasteiger partial charge in [-0.3, -0.25) is 14.4 Å². The predicted molar refractivity (Wildman–Crippen MR) is 165 cm³/mol. The van der Waals surface area contributed by atoms with Gasteiger partial charge in [-0.25, -0.2) is 0 Å². The van der Waals surface area contributed by atoms with Gasteiger partial charge in [0.15, 0.2) is 0 Å². The average molecular weight is 588 g/mol. The zero-order chi connectivity index (χ0) is 30.9. The number of anilines is 2. The van der Waals surface area contributed by atoms with Crippen LogP contribution in [0.5, 0.6) is 5.75 Å². The van der Waals surface area contributed by atoms with E-state index in [4.69, 9.17) is 9.47 Å². The van der Waals surface area contributed by atoms with Crippen molar-refractivity contribution in [1.29, 1.82) is 0 Å². The molecule has 43 heavy (non-hydrogen) atoms. The van der Waals surface area contributed by atoms with Gasteiger partial charge in [-0.05, 0) is 62.1 Å². The SMILES string of the molecule is C=CCN(C(=O)C1N(CCCO)C(=O)[C@@H]2[C@@H](C(=O)N(CC=C)c3ccccc3)[C@]3(C)OC12CC3C)c1ccc(OC)cc1. The van der Waals surface area contributed by atoms with Gasteiger partial charge in [0.1, 0.15) is 17.4 Å². The summed E-state index contributed by atoms with van der Waals surface area (Å²) in [6.07, 6.45) is 4.05. The number of benzene rings is 2. The van der Waals surface area contributed by atoms with Crippen LogP contribution in [-0.4, -0.2) is 78.3 Å². The summed E-state index contributed by atoms with van der Waals surface area (Å²) in [7, 11) is 1.57. The third-order valence-corrected chi connectivity index (χ3v) is 9.48. The Morgan fingerprint density at radius 1 is 1.05 bits per heavy atom. The first kappa shape index (κ1) is 30.5. The molecule has 2 aromatic rings. The number of nitrogens with zero attached hydrogens (tertiary/aromatic N) is 3. The van der Waals surface area contributed by atoms with Crippen LogP contribution in [0, 0.1) is 17.8 Å². The number of fused-ring (bicyclic) bond motifs is 1. The Hall–Kier alpha value is -3.95. The van der Waals surface area contributed by atoms with Crippen LogP contribution in [-0.2, 0) is 19.1 Å². The lowest BCUT2D eigenvalue weighted by atomic mass is 9.62. The van der Waals surface area contributed by atoms with Crippen LogP contribution in [0.2, 0.25) is 0 Å². The first-order valence-electron chi connectivity index (χ1n) is 14.8. The van der Waals surface area contributed by atoms with Gasteiger partial charge in [-0.15, -0.1) is 13.2 Å². The summed E-state index contributed by atoms with van der Waals surface area (Å²) >= 11 is 0. The smallest absolute Gasteiger partial charge is 0.253 e. The predicted octanol–water partition coefficient (Wildman–Crippen LogP) is 3.83. The molecule has 3 saturated heterocycles. The number of aliphatic hydroxyl groups excluding tert-OH is 1. The Morgan fingerprint density at radius 2 is 1.65 bits per heavy atom. The zero-order valence-corrected chi connectivity index (χ0v) is 25.1. The van der Waals surface area contributed by atoms with Crippen molar-refractivity contribution in [1.82, 2.24) is 4.90 Å². The Bertz CT molecular complexity index is 1380. The van der Waals surface area contributed by atoms with Crippen LogP contribution < -0.4 is 14.5 Å². The van der Waals surface area contributed by atoms with Crippen LogP contribution in [0.25, 0.3) is 0 Å². The summed E-state index contributed by atoms with van der Waals surface area (Å²) in [6.45, 7) is 12.2. The van der Waals surface area contributed by atoms with E-state index in [2.05, 4.69) is 13.2 Å². The number of aliphatic hydroxyl groups is 1. The molecule has 3 aliphatic heterocycles. The van der Waals surface area contributed by atoms with Gasteiger partial charge in [0, 0.05) is 37.6 Å². The quantitative estimate of drug-likeness (QED) is 0.379. The van der Waals surface area contributed by atoms with Crippen molar-refractivity contribution in [2.45, 2.75) is 43.9 Å². The molecule has 5 rings (SSSR count). The van der Waals surface area contributed by atoms with Crippen molar-refractivity contribution in [2.75, 3.05) is 43.2 Å². The molecule has 3 fully saturated rings. The normalized spacial score (nSPS) is 28.8. The van der Waals surface area contributed by atoms with Crippen LogP contribution in [0.3, 0.4) is 0 Å². The summed E-state index contributed by atoms with van der Waals surface area (Å²) in [5.41, 5.74) is -0.843. The second-order valence-corrected chi connectivity index (χ2v) is 11.8.